The standard InChI is InChI=1S/C14H25N5/c15-14-17-9-7-13(18-14)16-8-3-1-4-10-19-11-5-2-6-12-19/h7,9H,1-6,8,10-12H2,(H3,15,16,17,18). The first-order valence-corrected chi connectivity index (χ1v) is 7.39. The van der Waals surface area contributed by atoms with E-state index in [0.717, 1.165) is 12.4 Å². The maximum atomic E-state index is 5.53. The zero-order valence-corrected chi connectivity index (χ0v) is 11.6. The number of hydrogen-bond acceptors (Lipinski definition) is 5. The van der Waals surface area contributed by atoms with E-state index in [2.05, 4.69) is 20.2 Å². The Bertz CT molecular complexity index is 363. The predicted molar refractivity (Wildman–Crippen MR) is 79.1 cm³/mol. The summed E-state index contributed by atoms with van der Waals surface area (Å²) in [4.78, 5) is 10.6. The second-order valence-electron chi connectivity index (χ2n) is 5.19. The molecule has 5 heteroatoms. The molecule has 0 aliphatic carbocycles. The molecule has 0 aromatic carbocycles. The lowest BCUT2D eigenvalue weighted by molar-refractivity contribution is 0.224. The van der Waals surface area contributed by atoms with E-state index in [-0.39, 0.29) is 0 Å². The van der Waals surface area contributed by atoms with Crippen LogP contribution in [-0.4, -0.2) is 41.0 Å². The molecule has 106 valence electrons. The fraction of sp³-hybridized carbons (Fsp3) is 0.714. The van der Waals surface area contributed by atoms with Crippen molar-refractivity contribution in [1.82, 2.24) is 14.9 Å². The molecule has 0 atom stereocenters. The van der Waals surface area contributed by atoms with Crippen molar-refractivity contribution >= 4 is 11.8 Å². The first kappa shape index (κ1) is 14.1. The number of unbranched alkanes of at least 4 members (excludes halogenated alkanes) is 2. The van der Waals surface area contributed by atoms with Crippen LogP contribution in [0.4, 0.5) is 11.8 Å². The van der Waals surface area contributed by atoms with E-state index in [1.807, 2.05) is 6.07 Å². The van der Waals surface area contributed by atoms with E-state index < -0.39 is 0 Å². The normalized spacial score (nSPS) is 16.4. The van der Waals surface area contributed by atoms with E-state index in [1.54, 1.807) is 6.20 Å². The quantitative estimate of drug-likeness (QED) is 0.738. The number of nitrogens with zero attached hydrogens (tertiary/aromatic N) is 3. The molecule has 5 nitrogen and oxygen atoms in total. The summed E-state index contributed by atoms with van der Waals surface area (Å²) in [7, 11) is 0. The van der Waals surface area contributed by atoms with Crippen LogP contribution in [0.1, 0.15) is 38.5 Å². The second-order valence-corrected chi connectivity index (χ2v) is 5.19. The van der Waals surface area contributed by atoms with Crippen molar-refractivity contribution in [2.75, 3.05) is 37.2 Å². The number of nitrogens with two attached hydrogens (primary N) is 1. The van der Waals surface area contributed by atoms with Crippen molar-refractivity contribution in [2.45, 2.75) is 38.5 Å². The van der Waals surface area contributed by atoms with Gasteiger partial charge in [-0.2, -0.15) is 4.98 Å². The van der Waals surface area contributed by atoms with E-state index in [1.165, 1.54) is 58.2 Å². The molecule has 1 aromatic heterocycles. The maximum Gasteiger partial charge on any atom is 0.221 e. The molecule has 1 saturated heterocycles. The smallest absolute Gasteiger partial charge is 0.221 e. The third-order valence-corrected chi connectivity index (χ3v) is 3.58. The molecule has 0 unspecified atom stereocenters. The van der Waals surface area contributed by atoms with Crippen LogP contribution in [0.5, 0.6) is 0 Å². The van der Waals surface area contributed by atoms with Gasteiger partial charge in [-0.3, -0.25) is 0 Å². The number of rotatable bonds is 7. The van der Waals surface area contributed by atoms with Gasteiger partial charge in [0.15, 0.2) is 0 Å². The predicted octanol–water partition coefficient (Wildman–Crippen LogP) is 2.13. The van der Waals surface area contributed by atoms with Crippen molar-refractivity contribution in [2.24, 2.45) is 0 Å². The minimum absolute atomic E-state index is 0.329. The minimum atomic E-state index is 0.329. The summed E-state index contributed by atoms with van der Waals surface area (Å²) < 4.78 is 0. The van der Waals surface area contributed by atoms with Crippen LogP contribution in [0.25, 0.3) is 0 Å². The Labute approximate surface area is 115 Å². The van der Waals surface area contributed by atoms with Gasteiger partial charge in [0.1, 0.15) is 5.82 Å². The number of hydrogen-bond donors (Lipinski definition) is 2. The van der Waals surface area contributed by atoms with Gasteiger partial charge < -0.3 is 16.0 Å². The number of piperidine rings is 1. The number of aromatic nitrogens is 2. The third kappa shape index (κ3) is 5.42. The SMILES string of the molecule is Nc1nccc(NCCCCCN2CCCCC2)n1. The largest absolute Gasteiger partial charge is 0.370 e. The van der Waals surface area contributed by atoms with Gasteiger partial charge in [0, 0.05) is 12.7 Å². The van der Waals surface area contributed by atoms with Gasteiger partial charge in [-0.1, -0.05) is 12.8 Å². The molecule has 1 aromatic rings. The highest BCUT2D eigenvalue weighted by molar-refractivity contribution is 5.36. The Kier molecular flexibility index (Phi) is 5.88. The number of anilines is 2. The van der Waals surface area contributed by atoms with Crippen molar-refractivity contribution in [3.05, 3.63) is 12.3 Å². The summed E-state index contributed by atoms with van der Waals surface area (Å²) in [5, 5.41) is 3.28. The third-order valence-electron chi connectivity index (χ3n) is 3.58. The van der Waals surface area contributed by atoms with Gasteiger partial charge >= 0.3 is 0 Å². The molecule has 0 bridgehead atoms. The van der Waals surface area contributed by atoms with Crippen LogP contribution in [0.3, 0.4) is 0 Å². The fourth-order valence-corrected chi connectivity index (χ4v) is 2.51. The van der Waals surface area contributed by atoms with Gasteiger partial charge in [0.05, 0.1) is 0 Å². The maximum absolute atomic E-state index is 5.53. The molecule has 2 heterocycles. The lowest BCUT2D eigenvalue weighted by atomic mass is 10.1. The molecular formula is C14H25N5. The highest BCUT2D eigenvalue weighted by atomic mass is 15.1. The molecule has 3 N–H and O–H groups in total. The summed E-state index contributed by atoms with van der Waals surface area (Å²) in [6.45, 7) is 4.83. The summed E-state index contributed by atoms with van der Waals surface area (Å²) in [6.07, 6.45) is 9.62. The van der Waals surface area contributed by atoms with Crippen LogP contribution in [0.15, 0.2) is 12.3 Å². The van der Waals surface area contributed by atoms with Gasteiger partial charge in [-0.25, -0.2) is 4.98 Å². The van der Waals surface area contributed by atoms with Crippen LogP contribution in [0, 0.1) is 0 Å². The molecule has 0 amide bonds. The Morgan fingerprint density at radius 3 is 2.79 bits per heavy atom. The lowest BCUT2D eigenvalue weighted by Crippen LogP contribution is -2.30. The first-order chi connectivity index (χ1) is 9.34. The highest BCUT2D eigenvalue weighted by Crippen LogP contribution is 2.10. The molecule has 19 heavy (non-hydrogen) atoms. The van der Waals surface area contributed by atoms with Crippen LogP contribution < -0.4 is 11.1 Å². The Morgan fingerprint density at radius 1 is 1.16 bits per heavy atom. The summed E-state index contributed by atoms with van der Waals surface area (Å²) in [6, 6.07) is 1.85. The van der Waals surface area contributed by atoms with Crippen molar-refractivity contribution in [3.63, 3.8) is 0 Å². The molecule has 2 rings (SSSR count). The van der Waals surface area contributed by atoms with Gasteiger partial charge in [-0.15, -0.1) is 0 Å². The van der Waals surface area contributed by atoms with E-state index in [0.29, 0.717) is 5.95 Å². The van der Waals surface area contributed by atoms with Gasteiger partial charge in [0.25, 0.3) is 0 Å². The Morgan fingerprint density at radius 2 is 2.00 bits per heavy atom. The summed E-state index contributed by atoms with van der Waals surface area (Å²) >= 11 is 0. The van der Waals surface area contributed by atoms with Gasteiger partial charge in [0.2, 0.25) is 5.95 Å². The van der Waals surface area contributed by atoms with E-state index in [9.17, 15) is 0 Å². The van der Waals surface area contributed by atoms with Crippen LogP contribution in [0.2, 0.25) is 0 Å². The Balaban J connectivity index is 1.50. The number of nitrogen functional groups attached to an aromatic ring is 1. The van der Waals surface area contributed by atoms with E-state index in [4.69, 9.17) is 5.73 Å². The Hall–Kier alpha value is -1.36. The zero-order chi connectivity index (χ0) is 13.3. The molecule has 1 aliphatic rings. The van der Waals surface area contributed by atoms with Crippen molar-refractivity contribution in [1.29, 1.82) is 0 Å². The second kappa shape index (κ2) is 7.94. The molecular weight excluding hydrogens is 238 g/mol. The van der Waals surface area contributed by atoms with Crippen molar-refractivity contribution in [3.8, 4) is 0 Å². The average Bonchev–Trinajstić information content (AvgIpc) is 2.44. The molecule has 1 aliphatic heterocycles. The van der Waals surface area contributed by atoms with Gasteiger partial charge in [-0.05, 0) is 51.4 Å². The van der Waals surface area contributed by atoms with E-state index >= 15 is 0 Å². The molecule has 1 fully saturated rings. The minimum Gasteiger partial charge on any atom is -0.370 e. The number of likely N-dealkylation sites (tertiary alicyclic amines) is 1. The first-order valence-electron chi connectivity index (χ1n) is 7.39. The number of nitrogens with one attached hydrogen (secondary N) is 1. The molecule has 0 saturated carbocycles. The van der Waals surface area contributed by atoms with Crippen molar-refractivity contribution < 1.29 is 0 Å². The van der Waals surface area contributed by atoms with Crippen LogP contribution >= 0.6 is 0 Å². The zero-order valence-electron chi connectivity index (χ0n) is 11.6. The fourth-order valence-electron chi connectivity index (χ4n) is 2.51. The molecule has 0 spiro atoms. The summed E-state index contributed by atoms with van der Waals surface area (Å²) in [5.74, 6) is 1.15. The summed E-state index contributed by atoms with van der Waals surface area (Å²) in [5.41, 5.74) is 5.53. The average molecular weight is 263 g/mol. The lowest BCUT2D eigenvalue weighted by Gasteiger charge is -2.26. The highest BCUT2D eigenvalue weighted by Gasteiger charge is 2.08. The monoisotopic (exact) mass is 263 g/mol. The molecule has 0 radical (unpaired) electrons. The van der Waals surface area contributed by atoms with Crippen LogP contribution in [-0.2, 0) is 0 Å². The topological polar surface area (TPSA) is 67.1 Å².